The Bertz CT molecular complexity index is 443. The van der Waals surface area contributed by atoms with E-state index in [1.165, 1.54) is 6.42 Å². The largest absolute Gasteiger partial charge is 0.381 e. The van der Waals surface area contributed by atoms with E-state index in [4.69, 9.17) is 19.2 Å². The second-order valence-corrected chi connectivity index (χ2v) is 8.26. The van der Waals surface area contributed by atoms with Crippen LogP contribution in [0.4, 0.5) is 0 Å². The van der Waals surface area contributed by atoms with E-state index >= 15 is 0 Å². The fourth-order valence-electron chi connectivity index (χ4n) is 3.62. The molecule has 1 aliphatic heterocycles. The Labute approximate surface area is 189 Å². The van der Waals surface area contributed by atoms with Crippen LogP contribution in [0.3, 0.4) is 0 Å². The Morgan fingerprint density at radius 2 is 1.82 bits per heavy atom. The number of unbranched alkanes of at least 4 members (excludes halogenated alkanes) is 1. The van der Waals surface area contributed by atoms with Crippen LogP contribution in [0.5, 0.6) is 0 Å². The van der Waals surface area contributed by atoms with Gasteiger partial charge >= 0.3 is 0 Å². The number of nitrogens with one attached hydrogen (secondary N) is 2. The minimum absolute atomic E-state index is 0. The smallest absolute Gasteiger partial charge is 0.191 e. The predicted octanol–water partition coefficient (Wildman–Crippen LogP) is 3.73. The summed E-state index contributed by atoms with van der Waals surface area (Å²) in [6.45, 7) is 13.8. The highest BCUT2D eigenvalue weighted by Crippen LogP contribution is 2.42. The first kappa shape index (κ1) is 25.9. The quantitative estimate of drug-likeness (QED) is 0.192. The van der Waals surface area contributed by atoms with E-state index in [1.54, 1.807) is 0 Å². The van der Waals surface area contributed by atoms with Gasteiger partial charge < -0.3 is 24.8 Å². The summed E-state index contributed by atoms with van der Waals surface area (Å²) in [6, 6.07) is 0.403. The van der Waals surface area contributed by atoms with Crippen LogP contribution in [0.1, 0.15) is 66.2 Å². The summed E-state index contributed by atoms with van der Waals surface area (Å²) in [5, 5.41) is 6.97. The van der Waals surface area contributed by atoms with Crippen LogP contribution in [0.25, 0.3) is 0 Å². The third kappa shape index (κ3) is 8.32. The van der Waals surface area contributed by atoms with Gasteiger partial charge in [-0.2, -0.15) is 0 Å². The molecule has 0 aromatic rings. The van der Waals surface area contributed by atoms with Crippen LogP contribution < -0.4 is 10.6 Å². The minimum Gasteiger partial charge on any atom is -0.381 e. The zero-order valence-electron chi connectivity index (χ0n) is 18.3. The maximum Gasteiger partial charge on any atom is 0.191 e. The molecular weight excluding hydrogens is 469 g/mol. The number of guanidine groups is 1. The van der Waals surface area contributed by atoms with E-state index in [2.05, 4.69) is 38.3 Å². The molecule has 0 amide bonds. The van der Waals surface area contributed by atoms with Gasteiger partial charge in [0.25, 0.3) is 0 Å². The number of hydrogen-bond donors (Lipinski definition) is 2. The number of ether oxygens (including phenoxy) is 3. The lowest BCUT2D eigenvalue weighted by Gasteiger charge is -2.52. The topological polar surface area (TPSA) is 64.1 Å². The van der Waals surface area contributed by atoms with Gasteiger partial charge in [-0.05, 0) is 39.0 Å². The molecule has 0 spiro atoms. The standard InChI is InChI=1S/C21H41N3O3.HI/c1-5-7-12-27-19-16-18(21(19,3)4)24-20(22-6-2)23-11-8-13-26-17-9-14-25-15-10-17;/h17-19H,5-16H2,1-4H3,(H2,22,23,24);1H. The van der Waals surface area contributed by atoms with E-state index in [0.717, 1.165) is 77.6 Å². The van der Waals surface area contributed by atoms with E-state index in [-0.39, 0.29) is 29.4 Å². The van der Waals surface area contributed by atoms with Crippen LogP contribution in [0.2, 0.25) is 0 Å². The summed E-state index contributed by atoms with van der Waals surface area (Å²) in [7, 11) is 0. The van der Waals surface area contributed by atoms with E-state index in [0.29, 0.717) is 18.2 Å². The number of aliphatic imine (C=N–C) groups is 1. The van der Waals surface area contributed by atoms with Crippen molar-refractivity contribution in [3.05, 3.63) is 0 Å². The Morgan fingerprint density at radius 3 is 2.46 bits per heavy atom. The molecule has 1 saturated carbocycles. The normalized spacial score (nSPS) is 24.9. The summed E-state index contributed by atoms with van der Waals surface area (Å²) in [5.74, 6) is 0.911. The van der Waals surface area contributed by atoms with Crippen molar-refractivity contribution in [3.8, 4) is 0 Å². The van der Waals surface area contributed by atoms with Crippen LogP contribution in [0.15, 0.2) is 4.99 Å². The first-order chi connectivity index (χ1) is 13.1. The van der Waals surface area contributed by atoms with Gasteiger partial charge in [0, 0.05) is 51.0 Å². The third-order valence-electron chi connectivity index (χ3n) is 5.74. The molecule has 0 radical (unpaired) electrons. The van der Waals surface area contributed by atoms with Gasteiger partial charge in [0.2, 0.25) is 0 Å². The Kier molecular flexibility index (Phi) is 12.9. The van der Waals surface area contributed by atoms with Gasteiger partial charge in [-0.1, -0.05) is 27.2 Å². The van der Waals surface area contributed by atoms with Crippen molar-refractivity contribution in [1.82, 2.24) is 10.6 Å². The van der Waals surface area contributed by atoms with Crippen molar-refractivity contribution < 1.29 is 14.2 Å². The maximum absolute atomic E-state index is 6.05. The number of hydrogen-bond acceptors (Lipinski definition) is 4. The van der Waals surface area contributed by atoms with E-state index < -0.39 is 0 Å². The highest BCUT2D eigenvalue weighted by molar-refractivity contribution is 14.0. The number of rotatable bonds is 11. The van der Waals surface area contributed by atoms with Gasteiger partial charge in [-0.3, -0.25) is 4.99 Å². The third-order valence-corrected chi connectivity index (χ3v) is 5.74. The highest BCUT2D eigenvalue weighted by atomic mass is 127. The van der Waals surface area contributed by atoms with Gasteiger partial charge in [-0.25, -0.2) is 0 Å². The van der Waals surface area contributed by atoms with E-state index in [9.17, 15) is 0 Å². The molecule has 2 rings (SSSR count). The molecule has 6 nitrogen and oxygen atoms in total. The molecule has 0 bridgehead atoms. The highest BCUT2D eigenvalue weighted by Gasteiger charge is 2.49. The van der Waals surface area contributed by atoms with Gasteiger partial charge in [-0.15, -0.1) is 24.0 Å². The van der Waals surface area contributed by atoms with Crippen molar-refractivity contribution in [3.63, 3.8) is 0 Å². The Morgan fingerprint density at radius 1 is 1.11 bits per heavy atom. The van der Waals surface area contributed by atoms with Gasteiger partial charge in [0.15, 0.2) is 5.96 Å². The average Bonchev–Trinajstić information content (AvgIpc) is 2.67. The molecule has 2 fully saturated rings. The van der Waals surface area contributed by atoms with Crippen molar-refractivity contribution in [2.24, 2.45) is 10.4 Å². The molecule has 7 heteroatoms. The fraction of sp³-hybridized carbons (Fsp3) is 0.952. The SMILES string of the molecule is CCCCOC1CC(NC(=NCCCOC2CCOCC2)NCC)C1(C)C.I. The second kappa shape index (κ2) is 14.0. The molecule has 2 N–H and O–H groups in total. The van der Waals surface area contributed by atoms with Crippen LogP contribution in [-0.4, -0.2) is 63.7 Å². The molecule has 2 unspecified atom stereocenters. The maximum atomic E-state index is 6.05. The van der Waals surface area contributed by atoms with Gasteiger partial charge in [0.1, 0.15) is 0 Å². The molecule has 28 heavy (non-hydrogen) atoms. The fourth-order valence-corrected chi connectivity index (χ4v) is 3.62. The first-order valence-electron chi connectivity index (χ1n) is 10.9. The predicted molar refractivity (Wildman–Crippen MR) is 126 cm³/mol. The first-order valence-corrected chi connectivity index (χ1v) is 10.9. The van der Waals surface area contributed by atoms with E-state index in [1.807, 2.05) is 0 Å². The van der Waals surface area contributed by atoms with Crippen LogP contribution in [-0.2, 0) is 14.2 Å². The Hall–Kier alpha value is -0.120. The van der Waals surface area contributed by atoms with Crippen molar-refractivity contribution in [2.45, 2.75) is 84.5 Å². The molecule has 0 aromatic heterocycles. The summed E-state index contributed by atoms with van der Waals surface area (Å²) in [6.07, 6.45) is 7.08. The lowest BCUT2D eigenvalue weighted by molar-refractivity contribution is -0.113. The zero-order valence-corrected chi connectivity index (χ0v) is 20.6. The Balaban J connectivity index is 0.00000392. The molecular formula is C21H42IN3O3. The summed E-state index contributed by atoms with van der Waals surface area (Å²) in [4.78, 5) is 4.73. The molecule has 1 heterocycles. The van der Waals surface area contributed by atoms with Crippen LogP contribution >= 0.6 is 24.0 Å². The molecule has 1 saturated heterocycles. The molecule has 0 aromatic carbocycles. The monoisotopic (exact) mass is 511 g/mol. The number of nitrogens with zero attached hydrogens (tertiary/aromatic N) is 1. The van der Waals surface area contributed by atoms with Gasteiger partial charge in [0.05, 0.1) is 12.2 Å². The second-order valence-electron chi connectivity index (χ2n) is 8.26. The van der Waals surface area contributed by atoms with Crippen molar-refractivity contribution in [2.75, 3.05) is 39.5 Å². The lowest BCUT2D eigenvalue weighted by atomic mass is 9.64. The summed E-state index contributed by atoms with van der Waals surface area (Å²) in [5.41, 5.74) is 0.135. The van der Waals surface area contributed by atoms with Crippen molar-refractivity contribution in [1.29, 1.82) is 0 Å². The van der Waals surface area contributed by atoms with Crippen LogP contribution in [0, 0.1) is 5.41 Å². The van der Waals surface area contributed by atoms with Crippen molar-refractivity contribution >= 4 is 29.9 Å². The average molecular weight is 511 g/mol. The molecule has 2 atom stereocenters. The summed E-state index contributed by atoms with van der Waals surface area (Å²) < 4.78 is 17.3. The molecule has 2 aliphatic rings. The molecule has 1 aliphatic carbocycles. The summed E-state index contributed by atoms with van der Waals surface area (Å²) >= 11 is 0. The molecule has 166 valence electrons. The minimum atomic E-state index is 0. The lowest BCUT2D eigenvalue weighted by Crippen LogP contribution is -2.63. The number of halogens is 1. The zero-order chi connectivity index (χ0) is 19.5.